The lowest BCUT2D eigenvalue weighted by Gasteiger charge is -2.22. The van der Waals surface area contributed by atoms with Crippen molar-refractivity contribution in [2.45, 2.75) is 52.9 Å². The van der Waals surface area contributed by atoms with E-state index in [1.54, 1.807) is 0 Å². The molecule has 1 rings (SSSR count). The first kappa shape index (κ1) is 17.3. The molecule has 0 aromatic heterocycles. The molecular weight excluding hydrogens is 262 g/mol. The van der Waals surface area contributed by atoms with Crippen LogP contribution in [0.3, 0.4) is 0 Å². The lowest BCUT2D eigenvalue weighted by atomic mass is 9.86. The van der Waals surface area contributed by atoms with E-state index in [4.69, 9.17) is 10.9 Å². The number of hydrogen-bond acceptors (Lipinski definition) is 3. The molecule has 118 valence electrons. The summed E-state index contributed by atoms with van der Waals surface area (Å²) in [6.07, 6.45) is 5.49. The van der Waals surface area contributed by atoms with Crippen molar-refractivity contribution in [3.63, 3.8) is 0 Å². The van der Waals surface area contributed by atoms with Gasteiger partial charge in [-0.3, -0.25) is 0 Å². The number of oxime groups is 1. The summed E-state index contributed by atoms with van der Waals surface area (Å²) in [5, 5.41) is 15.3. The minimum absolute atomic E-state index is 0.263. The van der Waals surface area contributed by atoms with Crippen molar-refractivity contribution < 1.29 is 5.21 Å². The van der Waals surface area contributed by atoms with E-state index in [9.17, 15) is 0 Å². The van der Waals surface area contributed by atoms with E-state index in [0.29, 0.717) is 5.84 Å². The van der Waals surface area contributed by atoms with Crippen LogP contribution in [0.2, 0.25) is 0 Å². The summed E-state index contributed by atoms with van der Waals surface area (Å²) in [6.45, 7) is 7.08. The third-order valence-electron chi connectivity index (χ3n) is 3.88. The molecule has 0 aliphatic rings. The molecular formula is C17H29N3O. The maximum atomic E-state index is 8.74. The molecule has 0 saturated heterocycles. The van der Waals surface area contributed by atoms with Crippen LogP contribution in [0.1, 0.15) is 52.0 Å². The molecule has 0 atom stereocenters. The Morgan fingerprint density at radius 3 is 2.48 bits per heavy atom. The van der Waals surface area contributed by atoms with Gasteiger partial charge in [-0.25, -0.2) is 0 Å². The van der Waals surface area contributed by atoms with Gasteiger partial charge in [-0.2, -0.15) is 0 Å². The highest BCUT2D eigenvalue weighted by Crippen LogP contribution is 2.22. The predicted molar refractivity (Wildman–Crippen MR) is 90.0 cm³/mol. The predicted octanol–water partition coefficient (Wildman–Crippen LogP) is 3.99. The molecule has 4 heteroatoms. The molecule has 0 saturated carbocycles. The molecule has 0 aliphatic carbocycles. The first-order valence-electron chi connectivity index (χ1n) is 7.80. The zero-order valence-corrected chi connectivity index (χ0v) is 13.5. The highest BCUT2D eigenvalue weighted by atomic mass is 16.4. The van der Waals surface area contributed by atoms with E-state index in [0.717, 1.165) is 31.5 Å². The van der Waals surface area contributed by atoms with Gasteiger partial charge in [0.2, 0.25) is 0 Å². The number of hydrogen-bond donors (Lipinski definition) is 3. The first-order chi connectivity index (χ1) is 9.99. The molecule has 0 bridgehead atoms. The Kier molecular flexibility index (Phi) is 7.06. The van der Waals surface area contributed by atoms with Crippen LogP contribution < -0.4 is 11.1 Å². The molecule has 0 amide bonds. The number of rotatable bonds is 9. The molecule has 0 unspecified atom stereocenters. The first-order valence-corrected chi connectivity index (χ1v) is 7.80. The molecule has 0 radical (unpaired) electrons. The van der Waals surface area contributed by atoms with E-state index < -0.39 is 0 Å². The van der Waals surface area contributed by atoms with Crippen molar-refractivity contribution in [1.29, 1.82) is 0 Å². The second-order valence-corrected chi connectivity index (χ2v) is 6.20. The molecule has 1 aromatic carbocycles. The van der Waals surface area contributed by atoms with E-state index in [1.165, 1.54) is 18.4 Å². The number of anilines is 1. The Morgan fingerprint density at radius 1 is 1.24 bits per heavy atom. The Bertz CT molecular complexity index is 438. The smallest absolute Gasteiger partial charge is 0.144 e. The lowest BCUT2D eigenvalue weighted by molar-refractivity contribution is 0.305. The molecule has 0 spiro atoms. The summed E-state index contributed by atoms with van der Waals surface area (Å²) < 4.78 is 0. The van der Waals surface area contributed by atoms with Crippen LogP contribution in [0.25, 0.3) is 0 Å². The molecule has 21 heavy (non-hydrogen) atoms. The Balaban J connectivity index is 2.33. The summed E-state index contributed by atoms with van der Waals surface area (Å²) in [5.41, 5.74) is 7.97. The maximum absolute atomic E-state index is 8.74. The van der Waals surface area contributed by atoms with Gasteiger partial charge in [-0.15, -0.1) is 0 Å². The molecule has 1 aromatic rings. The Labute approximate surface area is 128 Å². The number of nitrogens with zero attached hydrogens (tertiary/aromatic N) is 1. The monoisotopic (exact) mass is 291 g/mol. The summed E-state index contributed by atoms with van der Waals surface area (Å²) in [4.78, 5) is 0. The standard InChI is InChI=1S/C17H29N3O/c1-4-5-7-14-8-10-15(11-9-14)19-13-6-12-17(2,3)16(18)20-21/h8-11,19,21H,4-7,12-13H2,1-3H3,(H2,18,20). The summed E-state index contributed by atoms with van der Waals surface area (Å²) >= 11 is 0. The van der Waals surface area contributed by atoms with Crippen LogP contribution in [0.15, 0.2) is 29.4 Å². The normalized spacial score (nSPS) is 12.4. The molecule has 0 fully saturated rings. The largest absolute Gasteiger partial charge is 0.409 e. The Hall–Kier alpha value is -1.71. The number of amidine groups is 1. The van der Waals surface area contributed by atoms with E-state index >= 15 is 0 Å². The van der Waals surface area contributed by atoms with Crippen molar-refractivity contribution in [2.24, 2.45) is 16.3 Å². The highest BCUT2D eigenvalue weighted by Gasteiger charge is 2.22. The van der Waals surface area contributed by atoms with E-state index in [1.807, 2.05) is 13.8 Å². The molecule has 0 heterocycles. The van der Waals surface area contributed by atoms with Gasteiger partial charge in [0, 0.05) is 17.6 Å². The minimum Gasteiger partial charge on any atom is -0.409 e. The average Bonchev–Trinajstić information content (AvgIpc) is 2.49. The fraction of sp³-hybridized carbons (Fsp3) is 0.588. The second kappa shape index (κ2) is 8.55. The van der Waals surface area contributed by atoms with Gasteiger partial charge >= 0.3 is 0 Å². The topological polar surface area (TPSA) is 70.6 Å². The van der Waals surface area contributed by atoms with Crippen LogP contribution in [0.5, 0.6) is 0 Å². The van der Waals surface area contributed by atoms with Crippen molar-refractivity contribution in [3.8, 4) is 0 Å². The van der Waals surface area contributed by atoms with Crippen molar-refractivity contribution in [2.75, 3.05) is 11.9 Å². The van der Waals surface area contributed by atoms with Gasteiger partial charge in [-0.05, 0) is 43.4 Å². The number of aryl methyl sites for hydroxylation is 1. The number of nitrogens with one attached hydrogen (secondary N) is 1. The average molecular weight is 291 g/mol. The minimum atomic E-state index is -0.263. The molecule has 4 N–H and O–H groups in total. The zero-order chi connectivity index (χ0) is 15.7. The van der Waals surface area contributed by atoms with Crippen molar-refractivity contribution >= 4 is 11.5 Å². The number of nitrogens with two attached hydrogens (primary N) is 1. The van der Waals surface area contributed by atoms with Crippen molar-refractivity contribution in [3.05, 3.63) is 29.8 Å². The summed E-state index contributed by atoms with van der Waals surface area (Å²) in [7, 11) is 0. The van der Waals surface area contributed by atoms with Gasteiger partial charge in [0.25, 0.3) is 0 Å². The third kappa shape index (κ3) is 6.06. The van der Waals surface area contributed by atoms with Gasteiger partial charge < -0.3 is 16.3 Å². The second-order valence-electron chi connectivity index (χ2n) is 6.20. The quantitative estimate of drug-likeness (QED) is 0.212. The number of unbranched alkanes of at least 4 members (excludes halogenated alkanes) is 1. The zero-order valence-electron chi connectivity index (χ0n) is 13.5. The van der Waals surface area contributed by atoms with Crippen LogP contribution >= 0.6 is 0 Å². The lowest BCUT2D eigenvalue weighted by Crippen LogP contribution is -2.32. The molecule has 4 nitrogen and oxygen atoms in total. The van der Waals surface area contributed by atoms with Gasteiger partial charge in [0.05, 0.1) is 0 Å². The van der Waals surface area contributed by atoms with Crippen LogP contribution in [0, 0.1) is 5.41 Å². The van der Waals surface area contributed by atoms with Crippen LogP contribution in [0.4, 0.5) is 5.69 Å². The third-order valence-corrected chi connectivity index (χ3v) is 3.88. The summed E-state index contributed by atoms with van der Waals surface area (Å²) in [5.74, 6) is 0.294. The van der Waals surface area contributed by atoms with Crippen LogP contribution in [-0.2, 0) is 6.42 Å². The van der Waals surface area contributed by atoms with Crippen LogP contribution in [-0.4, -0.2) is 17.6 Å². The van der Waals surface area contributed by atoms with E-state index in [-0.39, 0.29) is 5.41 Å². The summed E-state index contributed by atoms with van der Waals surface area (Å²) in [6, 6.07) is 8.66. The fourth-order valence-corrected chi connectivity index (χ4v) is 2.20. The van der Waals surface area contributed by atoms with Gasteiger partial charge in [-0.1, -0.05) is 44.5 Å². The highest BCUT2D eigenvalue weighted by molar-refractivity contribution is 5.85. The van der Waals surface area contributed by atoms with Gasteiger partial charge in [0.15, 0.2) is 0 Å². The van der Waals surface area contributed by atoms with Crippen molar-refractivity contribution in [1.82, 2.24) is 0 Å². The van der Waals surface area contributed by atoms with E-state index in [2.05, 4.69) is 41.7 Å². The number of benzene rings is 1. The maximum Gasteiger partial charge on any atom is 0.144 e. The SMILES string of the molecule is CCCCc1ccc(NCCCC(C)(C)C(N)=NO)cc1. The van der Waals surface area contributed by atoms with Gasteiger partial charge in [0.1, 0.15) is 5.84 Å². The Morgan fingerprint density at radius 2 is 1.90 bits per heavy atom. The molecule has 0 aliphatic heterocycles. The fourth-order valence-electron chi connectivity index (χ4n) is 2.20.